The van der Waals surface area contributed by atoms with Crippen molar-refractivity contribution in [1.29, 1.82) is 0 Å². The number of hydrogen-bond donors (Lipinski definition) is 1. The highest BCUT2D eigenvalue weighted by Crippen LogP contribution is 2.11. The molecule has 0 aliphatic rings. The number of aromatic nitrogens is 1. The molecule has 104 valence electrons. The molecule has 1 N–H and O–H groups in total. The van der Waals surface area contributed by atoms with E-state index < -0.39 is 0 Å². The Morgan fingerprint density at radius 3 is 2.05 bits per heavy atom. The van der Waals surface area contributed by atoms with Crippen LogP contribution in [0.15, 0.2) is 36.4 Å². The highest BCUT2D eigenvalue weighted by molar-refractivity contribution is 5.95. The largest absolute Gasteiger partial charge is 0.340 e. The molecule has 0 atom stereocenters. The molecule has 0 spiro atoms. The minimum atomic E-state index is -0.0806. The summed E-state index contributed by atoms with van der Waals surface area (Å²) in [4.78, 5) is 23.2. The lowest BCUT2D eigenvalue weighted by atomic mass is 10.1. The second kappa shape index (κ2) is 5.74. The van der Waals surface area contributed by atoms with Crippen molar-refractivity contribution in [2.45, 2.75) is 27.3 Å². The Morgan fingerprint density at radius 1 is 1.00 bits per heavy atom. The van der Waals surface area contributed by atoms with E-state index in [0.29, 0.717) is 17.8 Å². The smallest absolute Gasteiger partial charge is 0.244 e. The fraction of sp³-hybridized carbons (Fsp3) is 0.250. The Bertz CT molecular complexity index is 619. The van der Waals surface area contributed by atoms with Gasteiger partial charge in [0.2, 0.25) is 5.91 Å². The van der Waals surface area contributed by atoms with Gasteiger partial charge in [-0.05, 0) is 57.2 Å². The van der Waals surface area contributed by atoms with Crippen molar-refractivity contribution < 1.29 is 9.59 Å². The maximum absolute atomic E-state index is 12.0. The highest BCUT2D eigenvalue weighted by Gasteiger charge is 2.08. The van der Waals surface area contributed by atoms with Crippen LogP contribution < -0.4 is 5.32 Å². The van der Waals surface area contributed by atoms with E-state index in [4.69, 9.17) is 0 Å². The van der Waals surface area contributed by atoms with Crippen LogP contribution in [0, 0.1) is 13.8 Å². The maximum atomic E-state index is 12.0. The standard InChI is InChI=1S/C16H18N2O2/c1-11-4-5-12(2)18(11)10-16(20)17-15-8-6-14(7-9-15)13(3)19/h4-9H,10H2,1-3H3,(H,17,20). The number of nitrogens with zero attached hydrogens (tertiary/aromatic N) is 1. The van der Waals surface area contributed by atoms with E-state index in [1.165, 1.54) is 6.92 Å². The van der Waals surface area contributed by atoms with E-state index in [-0.39, 0.29) is 11.7 Å². The van der Waals surface area contributed by atoms with Crippen LogP contribution in [-0.2, 0) is 11.3 Å². The van der Waals surface area contributed by atoms with Crippen LogP contribution in [-0.4, -0.2) is 16.3 Å². The molecular formula is C16H18N2O2. The summed E-state index contributed by atoms with van der Waals surface area (Å²) < 4.78 is 1.96. The first-order valence-electron chi connectivity index (χ1n) is 6.51. The Hall–Kier alpha value is -2.36. The number of nitrogens with one attached hydrogen (secondary N) is 1. The van der Waals surface area contributed by atoms with Crippen LogP contribution in [0.1, 0.15) is 28.7 Å². The molecule has 4 nitrogen and oxygen atoms in total. The Balaban J connectivity index is 2.03. The normalized spacial score (nSPS) is 10.3. The predicted octanol–water partition coefficient (Wildman–Crippen LogP) is 2.95. The van der Waals surface area contributed by atoms with Crippen LogP contribution >= 0.6 is 0 Å². The van der Waals surface area contributed by atoms with Crippen molar-refractivity contribution in [1.82, 2.24) is 4.57 Å². The van der Waals surface area contributed by atoms with Gasteiger partial charge >= 0.3 is 0 Å². The van der Waals surface area contributed by atoms with Crippen molar-refractivity contribution >= 4 is 17.4 Å². The summed E-state index contributed by atoms with van der Waals surface area (Å²) in [5.74, 6) is -0.0653. The zero-order valence-electron chi connectivity index (χ0n) is 11.9. The molecule has 20 heavy (non-hydrogen) atoms. The van der Waals surface area contributed by atoms with Gasteiger partial charge < -0.3 is 9.88 Å². The molecule has 0 aliphatic carbocycles. The third-order valence-corrected chi connectivity index (χ3v) is 3.29. The first kappa shape index (κ1) is 14.1. The van der Waals surface area contributed by atoms with Crippen LogP contribution in [0.3, 0.4) is 0 Å². The fourth-order valence-corrected chi connectivity index (χ4v) is 2.08. The van der Waals surface area contributed by atoms with Crippen LogP contribution in [0.25, 0.3) is 0 Å². The first-order valence-corrected chi connectivity index (χ1v) is 6.51. The number of anilines is 1. The topological polar surface area (TPSA) is 51.1 Å². The molecule has 0 fully saturated rings. The Labute approximate surface area is 118 Å². The summed E-state index contributed by atoms with van der Waals surface area (Å²) in [6, 6.07) is 10.9. The minimum absolute atomic E-state index is 0.0152. The SMILES string of the molecule is CC(=O)c1ccc(NC(=O)Cn2c(C)ccc2C)cc1. The average molecular weight is 270 g/mol. The van der Waals surface area contributed by atoms with Gasteiger partial charge in [-0.25, -0.2) is 0 Å². The molecule has 1 aromatic heterocycles. The van der Waals surface area contributed by atoms with Gasteiger partial charge in [-0.15, -0.1) is 0 Å². The lowest BCUT2D eigenvalue weighted by Gasteiger charge is -2.10. The minimum Gasteiger partial charge on any atom is -0.340 e. The quantitative estimate of drug-likeness (QED) is 0.868. The van der Waals surface area contributed by atoms with Gasteiger partial charge in [0.25, 0.3) is 0 Å². The summed E-state index contributed by atoms with van der Waals surface area (Å²) in [7, 11) is 0. The number of rotatable bonds is 4. The predicted molar refractivity (Wildman–Crippen MR) is 79.0 cm³/mol. The Morgan fingerprint density at radius 2 is 1.55 bits per heavy atom. The van der Waals surface area contributed by atoms with Crippen molar-refractivity contribution in [2.75, 3.05) is 5.32 Å². The van der Waals surface area contributed by atoms with Gasteiger partial charge in [0.05, 0.1) is 0 Å². The average Bonchev–Trinajstić information content (AvgIpc) is 2.71. The van der Waals surface area contributed by atoms with Crippen molar-refractivity contribution in [2.24, 2.45) is 0 Å². The molecule has 0 unspecified atom stereocenters. The number of benzene rings is 1. The van der Waals surface area contributed by atoms with Gasteiger partial charge in [0.1, 0.15) is 6.54 Å². The van der Waals surface area contributed by atoms with Crippen LogP contribution in [0.5, 0.6) is 0 Å². The summed E-state index contributed by atoms with van der Waals surface area (Å²) in [6.45, 7) is 5.76. The van der Waals surface area contributed by atoms with E-state index in [2.05, 4.69) is 5.32 Å². The number of carbonyl (C=O) groups is 2. The molecule has 0 aliphatic heterocycles. The molecule has 0 radical (unpaired) electrons. The monoisotopic (exact) mass is 270 g/mol. The van der Waals surface area contributed by atoms with Gasteiger partial charge in [0.15, 0.2) is 5.78 Å². The molecule has 2 rings (SSSR count). The summed E-state index contributed by atoms with van der Waals surface area (Å²) in [6.07, 6.45) is 0. The van der Waals surface area contributed by atoms with Crippen molar-refractivity contribution in [3.63, 3.8) is 0 Å². The highest BCUT2D eigenvalue weighted by atomic mass is 16.2. The van der Waals surface area contributed by atoms with Crippen molar-refractivity contribution in [3.05, 3.63) is 53.3 Å². The Kier molecular flexibility index (Phi) is 4.03. The second-order valence-electron chi connectivity index (χ2n) is 4.88. The van der Waals surface area contributed by atoms with Crippen molar-refractivity contribution in [3.8, 4) is 0 Å². The molecular weight excluding hydrogens is 252 g/mol. The number of ketones is 1. The molecule has 1 amide bonds. The summed E-state index contributed by atoms with van der Waals surface area (Å²) >= 11 is 0. The van der Waals surface area contributed by atoms with E-state index in [0.717, 1.165) is 11.4 Å². The number of amides is 1. The molecule has 0 saturated carbocycles. The molecule has 0 saturated heterocycles. The number of Topliss-reactive ketones (excluding diaryl/α,β-unsaturated/α-hetero) is 1. The lowest BCUT2D eigenvalue weighted by molar-refractivity contribution is -0.116. The molecule has 1 aromatic carbocycles. The zero-order chi connectivity index (χ0) is 14.7. The lowest BCUT2D eigenvalue weighted by Crippen LogP contribution is -2.20. The van der Waals surface area contributed by atoms with Gasteiger partial charge in [0, 0.05) is 22.6 Å². The van der Waals surface area contributed by atoms with Gasteiger partial charge in [-0.2, -0.15) is 0 Å². The molecule has 0 bridgehead atoms. The molecule has 4 heteroatoms. The molecule has 1 heterocycles. The summed E-state index contributed by atoms with van der Waals surface area (Å²) in [5.41, 5.74) is 3.46. The van der Waals surface area contributed by atoms with Crippen LogP contribution in [0.4, 0.5) is 5.69 Å². The van der Waals surface area contributed by atoms with E-state index in [1.807, 2.05) is 30.5 Å². The maximum Gasteiger partial charge on any atom is 0.244 e. The van der Waals surface area contributed by atoms with Gasteiger partial charge in [-0.3, -0.25) is 9.59 Å². The van der Waals surface area contributed by atoms with Crippen LogP contribution in [0.2, 0.25) is 0 Å². The third kappa shape index (κ3) is 3.15. The number of carbonyl (C=O) groups excluding carboxylic acids is 2. The summed E-state index contributed by atoms with van der Waals surface area (Å²) in [5, 5.41) is 2.83. The first-order chi connectivity index (χ1) is 9.47. The van der Waals surface area contributed by atoms with E-state index >= 15 is 0 Å². The number of aryl methyl sites for hydroxylation is 2. The number of hydrogen-bond acceptors (Lipinski definition) is 2. The zero-order valence-corrected chi connectivity index (χ0v) is 11.9. The third-order valence-electron chi connectivity index (χ3n) is 3.29. The van der Waals surface area contributed by atoms with E-state index in [9.17, 15) is 9.59 Å². The second-order valence-corrected chi connectivity index (χ2v) is 4.88. The molecule has 2 aromatic rings. The fourth-order valence-electron chi connectivity index (χ4n) is 2.08. The van der Waals surface area contributed by atoms with Gasteiger partial charge in [-0.1, -0.05) is 0 Å². The van der Waals surface area contributed by atoms with E-state index in [1.54, 1.807) is 24.3 Å².